The zero-order valence-corrected chi connectivity index (χ0v) is 12.8. The molecule has 0 aromatic heterocycles. The first-order valence-electron chi connectivity index (χ1n) is 7.05. The van der Waals surface area contributed by atoms with Gasteiger partial charge in [-0.25, -0.2) is 4.79 Å². The number of hydrogen-bond acceptors (Lipinski definition) is 2. The lowest BCUT2D eigenvalue weighted by molar-refractivity contribution is -0.162. The first-order valence-corrected chi connectivity index (χ1v) is 7.05. The smallest absolute Gasteiger partial charge is 0.417 e. The zero-order chi connectivity index (χ0) is 18.8. The average Bonchev–Trinajstić information content (AvgIpc) is 2.53. The van der Waals surface area contributed by atoms with E-state index in [4.69, 9.17) is 4.74 Å². The molecular weight excluding hydrogens is 350 g/mol. The Kier molecular flexibility index (Phi) is 5.10. The molecule has 0 radical (unpaired) electrons. The molecule has 0 heterocycles. The van der Waals surface area contributed by atoms with E-state index in [9.17, 15) is 31.1 Å². The van der Waals surface area contributed by atoms with Crippen LogP contribution in [0.25, 0.3) is 0 Å². The summed E-state index contributed by atoms with van der Waals surface area (Å²) in [4.78, 5) is 12.1. The predicted octanol–water partition coefficient (Wildman–Crippen LogP) is 5.64. The van der Waals surface area contributed by atoms with Crippen molar-refractivity contribution in [1.29, 1.82) is 0 Å². The van der Waals surface area contributed by atoms with Gasteiger partial charge in [-0.2, -0.15) is 26.3 Å². The van der Waals surface area contributed by atoms with Crippen LogP contribution in [0.1, 0.15) is 40.1 Å². The number of benzene rings is 2. The zero-order valence-electron chi connectivity index (χ0n) is 12.8. The van der Waals surface area contributed by atoms with Gasteiger partial charge in [-0.15, -0.1) is 0 Å². The predicted molar refractivity (Wildman–Crippen MR) is 76.7 cm³/mol. The number of ether oxygens (including phenoxy) is 1. The molecule has 0 saturated heterocycles. The minimum Gasteiger partial charge on any atom is -0.454 e. The van der Waals surface area contributed by atoms with E-state index in [0.717, 1.165) is 6.07 Å². The second-order valence-corrected chi connectivity index (χ2v) is 5.18. The van der Waals surface area contributed by atoms with Crippen LogP contribution in [0, 0.1) is 0 Å². The molecule has 8 heteroatoms. The van der Waals surface area contributed by atoms with E-state index in [2.05, 4.69) is 0 Å². The highest BCUT2D eigenvalue weighted by Gasteiger charge is 2.46. The van der Waals surface area contributed by atoms with Crippen molar-refractivity contribution in [3.63, 3.8) is 0 Å². The molecule has 0 aliphatic heterocycles. The van der Waals surface area contributed by atoms with E-state index in [1.165, 1.54) is 6.92 Å². The molecule has 2 aromatic carbocycles. The third-order valence-electron chi connectivity index (χ3n) is 3.43. The summed E-state index contributed by atoms with van der Waals surface area (Å²) in [6.45, 7) is 1.41. The second-order valence-electron chi connectivity index (χ2n) is 5.18. The fourth-order valence-electron chi connectivity index (χ4n) is 2.28. The van der Waals surface area contributed by atoms with Gasteiger partial charge in [0.15, 0.2) is 0 Å². The minimum absolute atomic E-state index is 0.278. The number of carbonyl (C=O) groups is 1. The summed E-state index contributed by atoms with van der Waals surface area (Å²) in [7, 11) is 0. The van der Waals surface area contributed by atoms with E-state index in [1.807, 2.05) is 0 Å². The Morgan fingerprint density at radius 1 is 0.880 bits per heavy atom. The first kappa shape index (κ1) is 18.8. The van der Waals surface area contributed by atoms with Crippen LogP contribution in [0.5, 0.6) is 0 Å². The maximum Gasteiger partial charge on any atom is 0.417 e. The summed E-state index contributed by atoms with van der Waals surface area (Å²) in [5.74, 6) is -1.48. The van der Waals surface area contributed by atoms with Crippen LogP contribution in [0.15, 0.2) is 48.5 Å². The van der Waals surface area contributed by atoms with Crippen molar-refractivity contribution in [2.24, 2.45) is 0 Å². The second kappa shape index (κ2) is 6.78. The number of hydrogen-bond donors (Lipinski definition) is 0. The Morgan fingerprint density at radius 2 is 1.48 bits per heavy atom. The quantitative estimate of drug-likeness (QED) is 0.522. The van der Waals surface area contributed by atoms with Crippen LogP contribution in [-0.4, -0.2) is 5.97 Å². The molecule has 134 valence electrons. The van der Waals surface area contributed by atoms with Gasteiger partial charge in [0.05, 0.1) is 16.7 Å². The van der Waals surface area contributed by atoms with E-state index in [0.29, 0.717) is 11.6 Å². The number of carbonyl (C=O) groups excluding carboxylic acids is 1. The van der Waals surface area contributed by atoms with Crippen LogP contribution >= 0.6 is 0 Å². The molecule has 25 heavy (non-hydrogen) atoms. The monoisotopic (exact) mass is 362 g/mol. The molecule has 1 unspecified atom stereocenters. The molecule has 0 aliphatic rings. The van der Waals surface area contributed by atoms with E-state index >= 15 is 0 Å². The van der Waals surface area contributed by atoms with E-state index < -0.39 is 41.1 Å². The lowest BCUT2D eigenvalue weighted by Crippen LogP contribution is -2.22. The molecule has 0 spiro atoms. The lowest BCUT2D eigenvalue weighted by Gasteiger charge is -2.20. The van der Waals surface area contributed by atoms with Crippen molar-refractivity contribution in [1.82, 2.24) is 0 Å². The number of rotatable bonds is 3. The van der Waals surface area contributed by atoms with E-state index in [-0.39, 0.29) is 6.07 Å². The summed E-state index contributed by atoms with van der Waals surface area (Å²) in [5, 5.41) is 0. The van der Waals surface area contributed by atoms with Gasteiger partial charge in [0.1, 0.15) is 6.10 Å². The Bertz CT molecular complexity index is 750. The van der Waals surface area contributed by atoms with Crippen molar-refractivity contribution in [3.8, 4) is 0 Å². The SMILES string of the molecule is CC(OC(=O)c1cccc(C(F)(F)F)c1C(F)(F)F)c1ccccc1. The van der Waals surface area contributed by atoms with Crippen LogP contribution in [-0.2, 0) is 17.1 Å². The van der Waals surface area contributed by atoms with Gasteiger partial charge in [0, 0.05) is 0 Å². The van der Waals surface area contributed by atoms with Crippen LogP contribution in [0.2, 0.25) is 0 Å². The summed E-state index contributed by atoms with van der Waals surface area (Å²) < 4.78 is 83.1. The Morgan fingerprint density at radius 3 is 2.00 bits per heavy atom. The largest absolute Gasteiger partial charge is 0.454 e. The fourth-order valence-corrected chi connectivity index (χ4v) is 2.28. The van der Waals surface area contributed by atoms with Gasteiger partial charge in [0.25, 0.3) is 0 Å². The number of alkyl halides is 6. The van der Waals surface area contributed by atoms with Crippen LogP contribution in [0.4, 0.5) is 26.3 Å². The molecular formula is C17H12F6O2. The minimum atomic E-state index is -5.36. The molecule has 2 nitrogen and oxygen atoms in total. The van der Waals surface area contributed by atoms with Gasteiger partial charge in [-0.05, 0) is 24.6 Å². The normalized spacial score (nSPS) is 13.4. The highest BCUT2D eigenvalue weighted by atomic mass is 19.4. The topological polar surface area (TPSA) is 26.3 Å². The Balaban J connectivity index is 2.43. The average molecular weight is 362 g/mol. The lowest BCUT2D eigenvalue weighted by atomic mass is 9.99. The molecule has 0 amide bonds. The first-order chi connectivity index (χ1) is 11.5. The van der Waals surface area contributed by atoms with Crippen molar-refractivity contribution >= 4 is 5.97 Å². The van der Waals surface area contributed by atoms with Gasteiger partial charge < -0.3 is 4.74 Å². The molecule has 0 bridgehead atoms. The maximum atomic E-state index is 13.2. The third kappa shape index (κ3) is 4.32. The standard InChI is InChI=1S/C17H12F6O2/c1-10(11-6-3-2-4-7-11)25-15(24)12-8-5-9-13(16(18,19)20)14(12)17(21,22)23/h2-10H,1H3. The van der Waals surface area contributed by atoms with Crippen molar-refractivity contribution in [2.75, 3.05) is 0 Å². The number of halogens is 6. The summed E-state index contributed by atoms with van der Waals surface area (Å²) in [6.07, 6.45) is -11.5. The van der Waals surface area contributed by atoms with Gasteiger partial charge in [-0.1, -0.05) is 36.4 Å². The van der Waals surface area contributed by atoms with Gasteiger partial charge in [-0.3, -0.25) is 0 Å². The Labute approximate surface area is 139 Å². The molecule has 0 saturated carbocycles. The maximum absolute atomic E-state index is 13.2. The molecule has 0 fully saturated rings. The van der Waals surface area contributed by atoms with Gasteiger partial charge >= 0.3 is 18.3 Å². The molecule has 0 N–H and O–H groups in total. The van der Waals surface area contributed by atoms with Crippen molar-refractivity contribution < 1.29 is 35.9 Å². The number of esters is 1. The molecule has 2 aromatic rings. The van der Waals surface area contributed by atoms with Crippen molar-refractivity contribution in [3.05, 3.63) is 70.8 Å². The van der Waals surface area contributed by atoms with Gasteiger partial charge in [0.2, 0.25) is 0 Å². The third-order valence-corrected chi connectivity index (χ3v) is 3.43. The van der Waals surface area contributed by atoms with Crippen molar-refractivity contribution in [2.45, 2.75) is 25.4 Å². The molecule has 1 atom stereocenters. The summed E-state index contributed by atoms with van der Waals surface area (Å²) in [6, 6.07) is 9.78. The highest BCUT2D eigenvalue weighted by molar-refractivity contribution is 5.92. The summed E-state index contributed by atoms with van der Waals surface area (Å²) >= 11 is 0. The summed E-state index contributed by atoms with van der Waals surface area (Å²) in [5.41, 5.74) is -4.66. The molecule has 2 rings (SSSR count). The van der Waals surface area contributed by atoms with Crippen LogP contribution in [0.3, 0.4) is 0 Å². The highest BCUT2D eigenvalue weighted by Crippen LogP contribution is 2.42. The van der Waals surface area contributed by atoms with E-state index in [1.54, 1.807) is 30.3 Å². The Hall–Kier alpha value is -2.51. The molecule has 0 aliphatic carbocycles. The van der Waals surface area contributed by atoms with Crippen LogP contribution < -0.4 is 0 Å². The fraction of sp³-hybridized carbons (Fsp3) is 0.235.